The Labute approximate surface area is 106 Å². The van der Waals surface area contributed by atoms with E-state index in [-0.39, 0.29) is 6.10 Å². The van der Waals surface area contributed by atoms with Crippen molar-refractivity contribution in [2.24, 2.45) is 5.92 Å². The van der Waals surface area contributed by atoms with Gasteiger partial charge in [-0.2, -0.15) is 4.98 Å². The summed E-state index contributed by atoms with van der Waals surface area (Å²) in [4.78, 5) is 4.38. The van der Waals surface area contributed by atoms with Crippen LogP contribution >= 0.6 is 0 Å². The maximum atomic E-state index is 9.24. The maximum absolute atomic E-state index is 9.24. The van der Waals surface area contributed by atoms with Crippen LogP contribution in [0.25, 0.3) is 0 Å². The molecule has 2 fully saturated rings. The zero-order valence-corrected chi connectivity index (χ0v) is 10.3. The topological polar surface area (TPSA) is 80.4 Å². The Balaban J connectivity index is 1.61. The Morgan fingerprint density at radius 3 is 2.83 bits per heavy atom. The summed E-state index contributed by atoms with van der Waals surface area (Å²) < 4.78 is 5.63. The van der Waals surface area contributed by atoms with Gasteiger partial charge in [0.2, 0.25) is 5.88 Å². The van der Waals surface area contributed by atoms with Crippen LogP contribution in [-0.4, -0.2) is 28.8 Å². The van der Waals surface area contributed by atoms with Crippen molar-refractivity contribution in [3.05, 3.63) is 12.1 Å². The lowest BCUT2D eigenvalue weighted by Crippen LogP contribution is -2.39. The molecule has 0 atom stereocenters. The van der Waals surface area contributed by atoms with E-state index in [0.29, 0.717) is 30.1 Å². The van der Waals surface area contributed by atoms with Crippen LogP contribution in [0.1, 0.15) is 25.7 Å². The second kappa shape index (κ2) is 4.65. The summed E-state index contributed by atoms with van der Waals surface area (Å²) in [5.74, 6) is 1.98. The van der Waals surface area contributed by atoms with Crippen LogP contribution in [0, 0.1) is 5.92 Å². The van der Waals surface area contributed by atoms with E-state index in [4.69, 9.17) is 10.5 Å². The van der Waals surface area contributed by atoms with Gasteiger partial charge < -0.3 is 20.9 Å². The number of anilines is 2. The smallest absolute Gasteiger partial charge is 0.239 e. The molecule has 2 aliphatic carbocycles. The average molecular weight is 249 g/mol. The van der Waals surface area contributed by atoms with Crippen LogP contribution in [0.5, 0.6) is 5.88 Å². The summed E-state index contributed by atoms with van der Waals surface area (Å²) in [6.07, 6.45) is 3.89. The predicted octanol–water partition coefficient (Wildman–Crippen LogP) is 1.39. The molecule has 98 valence electrons. The molecule has 1 aromatic rings. The minimum atomic E-state index is -0.165. The fraction of sp³-hybridized carbons (Fsp3) is 0.615. The molecule has 0 spiro atoms. The van der Waals surface area contributed by atoms with Crippen molar-refractivity contribution in [1.29, 1.82) is 0 Å². The third-order valence-electron chi connectivity index (χ3n) is 3.51. The molecule has 18 heavy (non-hydrogen) atoms. The van der Waals surface area contributed by atoms with Gasteiger partial charge >= 0.3 is 0 Å². The highest BCUT2D eigenvalue weighted by Gasteiger charge is 2.27. The van der Waals surface area contributed by atoms with Crippen molar-refractivity contribution >= 4 is 11.5 Å². The number of ether oxygens (including phenoxy) is 1. The number of hydrogen-bond donors (Lipinski definition) is 3. The molecule has 2 saturated carbocycles. The van der Waals surface area contributed by atoms with Gasteiger partial charge in [-0.05, 0) is 43.7 Å². The first-order valence-electron chi connectivity index (χ1n) is 6.54. The second-order valence-corrected chi connectivity index (χ2v) is 5.31. The molecule has 5 heteroatoms. The zero-order chi connectivity index (χ0) is 12.5. The summed E-state index contributed by atoms with van der Waals surface area (Å²) in [7, 11) is 0. The minimum Gasteiger partial charge on any atom is -0.476 e. The van der Waals surface area contributed by atoms with E-state index < -0.39 is 0 Å². The highest BCUT2D eigenvalue weighted by Crippen LogP contribution is 2.31. The van der Waals surface area contributed by atoms with Crippen LogP contribution in [0.3, 0.4) is 0 Å². The number of nitrogen functional groups attached to an aromatic ring is 1. The largest absolute Gasteiger partial charge is 0.476 e. The Hall–Kier alpha value is -1.49. The molecule has 1 heterocycles. The molecule has 0 bridgehead atoms. The van der Waals surface area contributed by atoms with Gasteiger partial charge in [0.05, 0.1) is 18.4 Å². The standard InChI is InChI=1S/C13H19N3O2/c14-11-3-4-12(15-9-5-10(17)6-9)16-13(11)18-7-8-1-2-8/h3-4,8-10,17H,1-2,5-7,14H2,(H,15,16). The van der Waals surface area contributed by atoms with Crippen LogP contribution in [0.15, 0.2) is 12.1 Å². The normalized spacial score (nSPS) is 26.5. The van der Waals surface area contributed by atoms with Crippen molar-refractivity contribution in [2.45, 2.75) is 37.8 Å². The van der Waals surface area contributed by atoms with Gasteiger partial charge in [-0.25, -0.2) is 0 Å². The number of pyridine rings is 1. The van der Waals surface area contributed by atoms with Gasteiger partial charge in [-0.1, -0.05) is 0 Å². The minimum absolute atomic E-state index is 0.165. The summed E-state index contributed by atoms with van der Waals surface area (Å²) in [5.41, 5.74) is 6.42. The molecule has 0 aliphatic heterocycles. The lowest BCUT2D eigenvalue weighted by Gasteiger charge is -2.32. The molecule has 0 unspecified atom stereocenters. The van der Waals surface area contributed by atoms with Crippen LogP contribution in [0.4, 0.5) is 11.5 Å². The first-order valence-corrected chi connectivity index (χ1v) is 6.54. The van der Waals surface area contributed by atoms with E-state index in [1.54, 1.807) is 0 Å². The molecule has 1 aromatic heterocycles. The molecular formula is C13H19N3O2. The van der Waals surface area contributed by atoms with Crippen LogP contribution < -0.4 is 15.8 Å². The predicted molar refractivity (Wildman–Crippen MR) is 69.5 cm³/mol. The quantitative estimate of drug-likeness (QED) is 0.734. The maximum Gasteiger partial charge on any atom is 0.239 e. The third-order valence-corrected chi connectivity index (χ3v) is 3.51. The third kappa shape index (κ3) is 2.67. The Kier molecular flexibility index (Phi) is 2.99. The first kappa shape index (κ1) is 11.6. The zero-order valence-electron chi connectivity index (χ0n) is 10.3. The second-order valence-electron chi connectivity index (χ2n) is 5.31. The first-order chi connectivity index (χ1) is 8.70. The number of rotatable bonds is 5. The summed E-state index contributed by atoms with van der Waals surface area (Å²) in [6.45, 7) is 0.711. The van der Waals surface area contributed by atoms with Crippen LogP contribution in [0.2, 0.25) is 0 Å². The van der Waals surface area contributed by atoms with Gasteiger partial charge in [0.25, 0.3) is 0 Å². The molecular weight excluding hydrogens is 230 g/mol. The molecule has 0 saturated heterocycles. The summed E-state index contributed by atoms with van der Waals surface area (Å²) in [6, 6.07) is 3.98. The van der Waals surface area contributed by atoms with Crippen molar-refractivity contribution < 1.29 is 9.84 Å². The van der Waals surface area contributed by atoms with Gasteiger partial charge in [-0.15, -0.1) is 0 Å². The van der Waals surface area contributed by atoms with Crippen molar-refractivity contribution in [3.63, 3.8) is 0 Å². The fourth-order valence-electron chi connectivity index (χ4n) is 2.04. The molecule has 0 amide bonds. The lowest BCUT2D eigenvalue weighted by atomic mass is 9.89. The van der Waals surface area contributed by atoms with E-state index in [2.05, 4.69) is 10.3 Å². The van der Waals surface area contributed by atoms with Crippen LogP contribution in [-0.2, 0) is 0 Å². The molecule has 2 aliphatic rings. The molecule has 0 aromatic carbocycles. The fourth-order valence-corrected chi connectivity index (χ4v) is 2.04. The highest BCUT2D eigenvalue weighted by atomic mass is 16.5. The van der Waals surface area contributed by atoms with E-state index in [1.165, 1.54) is 12.8 Å². The lowest BCUT2D eigenvalue weighted by molar-refractivity contribution is 0.0835. The van der Waals surface area contributed by atoms with E-state index in [9.17, 15) is 5.11 Å². The van der Waals surface area contributed by atoms with Gasteiger partial charge in [-0.3, -0.25) is 0 Å². The number of aromatic nitrogens is 1. The number of nitrogens with two attached hydrogens (primary N) is 1. The van der Waals surface area contributed by atoms with Crippen molar-refractivity contribution in [1.82, 2.24) is 4.98 Å². The van der Waals surface area contributed by atoms with E-state index in [1.807, 2.05) is 12.1 Å². The van der Waals surface area contributed by atoms with Gasteiger partial charge in [0.15, 0.2) is 0 Å². The molecule has 4 N–H and O–H groups in total. The summed E-state index contributed by atoms with van der Waals surface area (Å²) in [5, 5.41) is 12.5. The van der Waals surface area contributed by atoms with E-state index >= 15 is 0 Å². The summed E-state index contributed by atoms with van der Waals surface area (Å²) >= 11 is 0. The molecule has 3 rings (SSSR count). The number of nitrogens with one attached hydrogen (secondary N) is 1. The highest BCUT2D eigenvalue weighted by molar-refractivity contribution is 5.54. The molecule has 0 radical (unpaired) electrons. The average Bonchev–Trinajstić information content (AvgIpc) is 3.11. The Morgan fingerprint density at radius 2 is 2.17 bits per heavy atom. The monoisotopic (exact) mass is 249 g/mol. The van der Waals surface area contributed by atoms with Gasteiger partial charge in [0.1, 0.15) is 5.82 Å². The molecule has 5 nitrogen and oxygen atoms in total. The number of hydrogen-bond acceptors (Lipinski definition) is 5. The van der Waals surface area contributed by atoms with Crippen molar-refractivity contribution in [3.8, 4) is 5.88 Å². The Bertz CT molecular complexity index is 428. The van der Waals surface area contributed by atoms with E-state index in [0.717, 1.165) is 18.7 Å². The Morgan fingerprint density at radius 1 is 1.39 bits per heavy atom. The number of aliphatic hydroxyl groups excluding tert-OH is 1. The van der Waals surface area contributed by atoms with Gasteiger partial charge in [0, 0.05) is 6.04 Å². The number of aliphatic hydroxyl groups is 1. The van der Waals surface area contributed by atoms with Crippen molar-refractivity contribution in [2.75, 3.05) is 17.7 Å². The SMILES string of the molecule is Nc1ccc(NC2CC(O)C2)nc1OCC1CC1. The number of nitrogens with zero attached hydrogens (tertiary/aromatic N) is 1.